The van der Waals surface area contributed by atoms with Crippen LogP contribution in [0, 0.1) is 6.42 Å². The lowest BCUT2D eigenvalue weighted by atomic mass is 9.78. The molecule has 12 heavy (non-hydrogen) atoms. The molecular weight excluding hydrogens is 148 g/mol. The van der Waals surface area contributed by atoms with Gasteiger partial charge in [0.05, 0.1) is 0 Å². The summed E-state index contributed by atoms with van der Waals surface area (Å²) >= 11 is 0. The molecule has 1 fully saturated rings. The van der Waals surface area contributed by atoms with Crippen LogP contribution >= 0.6 is 0 Å². The van der Waals surface area contributed by atoms with Crippen molar-refractivity contribution in [3.05, 3.63) is 6.42 Å². The number of piperidine rings is 1. The highest BCUT2D eigenvalue weighted by Gasteiger charge is 2.41. The predicted molar refractivity (Wildman–Crippen MR) is 52.8 cm³/mol. The zero-order chi connectivity index (χ0) is 9.57. The number of rotatable bonds is 0. The van der Waals surface area contributed by atoms with Crippen LogP contribution in [-0.4, -0.2) is 29.1 Å². The Bertz CT molecular complexity index is 155. The van der Waals surface area contributed by atoms with Gasteiger partial charge in [-0.15, -0.1) is 0 Å². The summed E-state index contributed by atoms with van der Waals surface area (Å²) in [6.07, 6.45) is 3.28. The van der Waals surface area contributed by atoms with Crippen LogP contribution in [0.15, 0.2) is 0 Å². The van der Waals surface area contributed by atoms with E-state index in [1.807, 2.05) is 0 Å². The monoisotopic (exact) mass is 169 g/mol. The van der Waals surface area contributed by atoms with Gasteiger partial charge < -0.3 is 5.73 Å². The van der Waals surface area contributed by atoms with Gasteiger partial charge in [-0.05, 0) is 47.6 Å². The maximum Gasteiger partial charge on any atom is 0.0202 e. The predicted octanol–water partition coefficient (Wildman–Crippen LogP) is 1.41. The van der Waals surface area contributed by atoms with E-state index in [-0.39, 0.29) is 17.1 Å². The van der Waals surface area contributed by atoms with Crippen LogP contribution in [-0.2, 0) is 0 Å². The fourth-order valence-electron chi connectivity index (χ4n) is 2.19. The zero-order valence-corrected chi connectivity index (χ0v) is 8.89. The molecule has 0 aliphatic carbocycles. The Balaban J connectivity index is 2.84. The molecule has 1 atom stereocenters. The molecule has 0 aromatic carbocycles. The Morgan fingerprint density at radius 3 is 2.25 bits per heavy atom. The Labute approximate surface area is 76.1 Å². The lowest BCUT2D eigenvalue weighted by Gasteiger charge is -2.52. The quantitative estimate of drug-likeness (QED) is 0.594. The molecule has 1 aliphatic rings. The van der Waals surface area contributed by atoms with E-state index in [4.69, 9.17) is 5.73 Å². The normalized spacial score (nSPS) is 30.5. The number of hydrogen-bond donors (Lipinski definition) is 1. The summed E-state index contributed by atoms with van der Waals surface area (Å²) in [5.74, 6) is 0. The molecule has 0 aromatic rings. The lowest BCUT2D eigenvalue weighted by Crippen LogP contribution is -2.61. The summed E-state index contributed by atoms with van der Waals surface area (Å²) in [6.45, 7) is 8.94. The minimum absolute atomic E-state index is 0.126. The minimum Gasteiger partial charge on any atom is -0.327 e. The third kappa shape index (κ3) is 1.64. The fourth-order valence-corrected chi connectivity index (χ4v) is 2.19. The summed E-state index contributed by atoms with van der Waals surface area (Å²) < 4.78 is 0. The SMILES string of the molecule is CN1C(C)(C)[CH]C(N)CC1(C)C. The molecule has 1 saturated heterocycles. The highest BCUT2D eigenvalue weighted by atomic mass is 15.2. The second-order valence-electron chi connectivity index (χ2n) is 5.06. The average Bonchev–Trinajstić information content (AvgIpc) is 1.80. The van der Waals surface area contributed by atoms with E-state index in [2.05, 4.69) is 46.1 Å². The van der Waals surface area contributed by atoms with Gasteiger partial charge in [0.15, 0.2) is 0 Å². The summed E-state index contributed by atoms with van der Waals surface area (Å²) in [5, 5.41) is 0. The van der Waals surface area contributed by atoms with Crippen molar-refractivity contribution >= 4 is 0 Å². The molecule has 1 heterocycles. The first kappa shape index (κ1) is 10.0. The maximum absolute atomic E-state index is 5.97. The Morgan fingerprint density at radius 1 is 1.33 bits per heavy atom. The van der Waals surface area contributed by atoms with Crippen molar-refractivity contribution in [3.8, 4) is 0 Å². The molecule has 2 N–H and O–H groups in total. The van der Waals surface area contributed by atoms with Gasteiger partial charge >= 0.3 is 0 Å². The van der Waals surface area contributed by atoms with Crippen LogP contribution in [0.5, 0.6) is 0 Å². The second-order valence-corrected chi connectivity index (χ2v) is 5.06. The van der Waals surface area contributed by atoms with E-state index >= 15 is 0 Å². The molecule has 1 unspecified atom stereocenters. The van der Waals surface area contributed by atoms with Gasteiger partial charge in [-0.25, -0.2) is 0 Å². The molecule has 2 nitrogen and oxygen atoms in total. The molecule has 0 spiro atoms. The van der Waals surface area contributed by atoms with Crippen molar-refractivity contribution in [3.63, 3.8) is 0 Å². The highest BCUT2D eigenvalue weighted by Crippen LogP contribution is 2.35. The van der Waals surface area contributed by atoms with Crippen molar-refractivity contribution in [2.24, 2.45) is 5.73 Å². The average molecular weight is 169 g/mol. The van der Waals surface area contributed by atoms with E-state index in [0.29, 0.717) is 0 Å². The van der Waals surface area contributed by atoms with Gasteiger partial charge in [0.1, 0.15) is 0 Å². The lowest BCUT2D eigenvalue weighted by molar-refractivity contribution is 0.0238. The molecular formula is C10H21N2. The van der Waals surface area contributed by atoms with E-state index in [0.717, 1.165) is 6.42 Å². The topological polar surface area (TPSA) is 29.3 Å². The molecule has 2 heteroatoms. The number of nitrogens with two attached hydrogens (primary N) is 1. The first-order valence-electron chi connectivity index (χ1n) is 4.61. The zero-order valence-electron chi connectivity index (χ0n) is 8.89. The van der Waals surface area contributed by atoms with Gasteiger partial charge in [-0.3, -0.25) is 4.90 Å². The van der Waals surface area contributed by atoms with Crippen molar-refractivity contribution in [1.29, 1.82) is 0 Å². The van der Waals surface area contributed by atoms with E-state index in [1.165, 1.54) is 0 Å². The molecule has 1 radical (unpaired) electrons. The Hall–Kier alpha value is -0.0800. The van der Waals surface area contributed by atoms with Crippen LogP contribution in [0.25, 0.3) is 0 Å². The Morgan fingerprint density at radius 2 is 1.83 bits per heavy atom. The molecule has 0 aromatic heterocycles. The van der Waals surface area contributed by atoms with E-state index in [9.17, 15) is 0 Å². The maximum atomic E-state index is 5.97. The second kappa shape index (κ2) is 2.71. The Kier molecular flexibility index (Phi) is 2.26. The third-order valence-corrected chi connectivity index (χ3v) is 3.13. The summed E-state index contributed by atoms with van der Waals surface area (Å²) in [4.78, 5) is 2.39. The fraction of sp³-hybridized carbons (Fsp3) is 0.900. The summed E-state index contributed by atoms with van der Waals surface area (Å²) in [5.41, 5.74) is 6.31. The number of nitrogens with zero attached hydrogens (tertiary/aromatic N) is 1. The first-order valence-corrected chi connectivity index (χ1v) is 4.61. The first-order chi connectivity index (χ1) is 5.26. The van der Waals surface area contributed by atoms with Crippen molar-refractivity contribution in [2.75, 3.05) is 7.05 Å². The van der Waals surface area contributed by atoms with Crippen molar-refractivity contribution < 1.29 is 0 Å². The smallest absolute Gasteiger partial charge is 0.0202 e. The van der Waals surface area contributed by atoms with Crippen LogP contribution in [0.1, 0.15) is 34.1 Å². The highest BCUT2D eigenvalue weighted by molar-refractivity contribution is 5.10. The molecule has 1 aliphatic heterocycles. The van der Waals surface area contributed by atoms with Gasteiger partial charge in [0.2, 0.25) is 0 Å². The third-order valence-electron chi connectivity index (χ3n) is 3.13. The van der Waals surface area contributed by atoms with Crippen molar-refractivity contribution in [2.45, 2.75) is 51.2 Å². The van der Waals surface area contributed by atoms with Crippen LogP contribution in [0.4, 0.5) is 0 Å². The molecule has 1 rings (SSSR count). The van der Waals surface area contributed by atoms with Gasteiger partial charge in [-0.1, -0.05) is 0 Å². The summed E-state index contributed by atoms with van der Waals surface area (Å²) in [7, 11) is 2.17. The summed E-state index contributed by atoms with van der Waals surface area (Å²) in [6, 6.07) is 0.242. The number of likely N-dealkylation sites (tertiary alicyclic amines) is 1. The van der Waals surface area contributed by atoms with Crippen LogP contribution in [0.3, 0.4) is 0 Å². The largest absolute Gasteiger partial charge is 0.327 e. The molecule has 0 amide bonds. The van der Waals surface area contributed by atoms with E-state index in [1.54, 1.807) is 0 Å². The molecule has 71 valence electrons. The van der Waals surface area contributed by atoms with Crippen molar-refractivity contribution in [1.82, 2.24) is 4.90 Å². The van der Waals surface area contributed by atoms with Gasteiger partial charge in [0, 0.05) is 17.1 Å². The molecule has 0 saturated carbocycles. The van der Waals surface area contributed by atoms with Crippen LogP contribution < -0.4 is 5.73 Å². The number of hydrogen-bond acceptors (Lipinski definition) is 2. The van der Waals surface area contributed by atoms with Crippen LogP contribution in [0.2, 0.25) is 0 Å². The minimum atomic E-state index is 0.126. The van der Waals surface area contributed by atoms with Gasteiger partial charge in [-0.2, -0.15) is 0 Å². The van der Waals surface area contributed by atoms with E-state index < -0.39 is 0 Å². The molecule has 0 bridgehead atoms. The standard InChI is InChI=1S/C10H21N2/c1-9(2)6-8(11)7-10(3,4)12(9)5/h6,8H,7,11H2,1-5H3. The van der Waals surface area contributed by atoms with Gasteiger partial charge in [0.25, 0.3) is 0 Å².